The van der Waals surface area contributed by atoms with Crippen molar-refractivity contribution in [2.75, 3.05) is 13.1 Å². The van der Waals surface area contributed by atoms with Gasteiger partial charge in [0.25, 0.3) is 0 Å². The maximum atomic E-state index is 12.1. The Kier molecular flexibility index (Phi) is 2.77. The lowest BCUT2D eigenvalue weighted by Gasteiger charge is -2.42. The first kappa shape index (κ1) is 9.97. The fourth-order valence-electron chi connectivity index (χ4n) is 2.43. The Morgan fingerprint density at radius 3 is 2.21 bits per heavy atom. The second-order valence-corrected chi connectivity index (χ2v) is 4.73. The number of hydrogen-bond acceptors (Lipinski definition) is 2. The normalized spacial score (nSPS) is 34.0. The van der Waals surface area contributed by atoms with Crippen LogP contribution in [0.25, 0.3) is 0 Å². The Morgan fingerprint density at radius 1 is 1.21 bits per heavy atom. The molecule has 2 rings (SSSR count). The minimum absolute atomic E-state index is 0.345. The van der Waals surface area contributed by atoms with Crippen molar-refractivity contribution in [1.29, 1.82) is 0 Å². The van der Waals surface area contributed by atoms with E-state index in [2.05, 4.69) is 24.1 Å². The van der Waals surface area contributed by atoms with Crippen LogP contribution in [-0.4, -0.2) is 36.0 Å². The summed E-state index contributed by atoms with van der Waals surface area (Å²) in [7, 11) is 0. The van der Waals surface area contributed by atoms with Crippen LogP contribution in [0, 0.1) is 5.92 Å². The molecule has 0 bridgehead atoms. The molecular weight excluding hydrogens is 176 g/mol. The Bertz CT molecular complexity index is 215. The van der Waals surface area contributed by atoms with Crippen molar-refractivity contribution >= 4 is 5.91 Å². The van der Waals surface area contributed by atoms with E-state index in [1.165, 1.54) is 6.42 Å². The van der Waals surface area contributed by atoms with E-state index in [-0.39, 0.29) is 0 Å². The molecule has 1 aliphatic heterocycles. The lowest BCUT2D eigenvalue weighted by Crippen LogP contribution is -2.59. The van der Waals surface area contributed by atoms with Crippen LogP contribution < -0.4 is 5.32 Å². The highest BCUT2D eigenvalue weighted by molar-refractivity contribution is 5.80. The van der Waals surface area contributed by atoms with E-state index >= 15 is 0 Å². The first-order valence-electron chi connectivity index (χ1n) is 5.73. The minimum atomic E-state index is 0.345. The van der Waals surface area contributed by atoms with Gasteiger partial charge in [-0.15, -0.1) is 0 Å². The number of nitrogens with zero attached hydrogens (tertiary/aromatic N) is 1. The van der Waals surface area contributed by atoms with Gasteiger partial charge in [0.05, 0.1) is 0 Å². The van der Waals surface area contributed by atoms with Crippen LogP contribution >= 0.6 is 0 Å². The monoisotopic (exact) mass is 196 g/mol. The third kappa shape index (κ3) is 1.65. The molecule has 2 aliphatic rings. The van der Waals surface area contributed by atoms with Gasteiger partial charge in [-0.1, -0.05) is 6.42 Å². The summed E-state index contributed by atoms with van der Waals surface area (Å²) < 4.78 is 0. The zero-order valence-electron chi connectivity index (χ0n) is 9.12. The van der Waals surface area contributed by atoms with Gasteiger partial charge < -0.3 is 10.2 Å². The summed E-state index contributed by atoms with van der Waals surface area (Å²) in [6.07, 6.45) is 3.47. The number of carbonyl (C=O) groups excluding carboxylic acids is 1. The molecule has 0 radical (unpaired) electrons. The van der Waals surface area contributed by atoms with Crippen molar-refractivity contribution in [2.45, 2.75) is 45.2 Å². The van der Waals surface area contributed by atoms with Crippen molar-refractivity contribution < 1.29 is 4.79 Å². The van der Waals surface area contributed by atoms with Crippen LogP contribution in [-0.2, 0) is 4.79 Å². The fraction of sp³-hybridized carbons (Fsp3) is 0.909. The van der Waals surface area contributed by atoms with E-state index in [4.69, 9.17) is 0 Å². The molecule has 1 N–H and O–H groups in total. The van der Waals surface area contributed by atoms with Crippen LogP contribution in [0.3, 0.4) is 0 Å². The molecule has 1 saturated carbocycles. The van der Waals surface area contributed by atoms with E-state index < -0.39 is 0 Å². The molecule has 2 fully saturated rings. The summed E-state index contributed by atoms with van der Waals surface area (Å²) in [5.41, 5.74) is 0. The maximum absolute atomic E-state index is 12.1. The van der Waals surface area contributed by atoms with Crippen molar-refractivity contribution in [2.24, 2.45) is 5.92 Å². The van der Waals surface area contributed by atoms with E-state index in [0.717, 1.165) is 25.9 Å². The van der Waals surface area contributed by atoms with Gasteiger partial charge in [0.15, 0.2) is 0 Å². The molecule has 1 amide bonds. The van der Waals surface area contributed by atoms with Gasteiger partial charge in [0.1, 0.15) is 0 Å². The van der Waals surface area contributed by atoms with Crippen LogP contribution in [0.5, 0.6) is 0 Å². The van der Waals surface area contributed by atoms with Crippen LogP contribution in [0.4, 0.5) is 0 Å². The summed E-state index contributed by atoms with van der Waals surface area (Å²) in [6, 6.07) is 0.735. The number of piperazine rings is 1. The molecule has 0 spiro atoms. The van der Waals surface area contributed by atoms with Crippen molar-refractivity contribution in [3.8, 4) is 0 Å². The second kappa shape index (κ2) is 3.89. The molecule has 14 heavy (non-hydrogen) atoms. The Morgan fingerprint density at radius 2 is 1.79 bits per heavy atom. The molecule has 0 aromatic carbocycles. The highest BCUT2D eigenvalue weighted by atomic mass is 16.2. The summed E-state index contributed by atoms with van der Waals surface area (Å²) in [6.45, 7) is 6.17. The molecule has 1 aliphatic carbocycles. The fourth-order valence-corrected chi connectivity index (χ4v) is 2.43. The van der Waals surface area contributed by atoms with Crippen molar-refractivity contribution in [3.05, 3.63) is 0 Å². The molecule has 3 nitrogen and oxygen atoms in total. The third-order valence-corrected chi connectivity index (χ3v) is 3.54. The maximum Gasteiger partial charge on any atom is 0.226 e. The molecular formula is C11H20N2O. The first-order valence-corrected chi connectivity index (χ1v) is 5.73. The lowest BCUT2D eigenvalue weighted by molar-refractivity contribution is -0.143. The average molecular weight is 196 g/mol. The van der Waals surface area contributed by atoms with E-state index in [9.17, 15) is 4.79 Å². The highest BCUT2D eigenvalue weighted by Gasteiger charge is 2.35. The van der Waals surface area contributed by atoms with Gasteiger partial charge in [0.2, 0.25) is 5.91 Å². The predicted molar refractivity (Wildman–Crippen MR) is 56.0 cm³/mol. The molecule has 1 saturated heterocycles. The van der Waals surface area contributed by atoms with Crippen molar-refractivity contribution in [1.82, 2.24) is 10.2 Å². The zero-order valence-corrected chi connectivity index (χ0v) is 9.12. The van der Waals surface area contributed by atoms with Gasteiger partial charge >= 0.3 is 0 Å². The molecule has 2 unspecified atom stereocenters. The van der Waals surface area contributed by atoms with Crippen LogP contribution in [0.1, 0.15) is 33.1 Å². The standard InChI is InChI=1S/C11H20N2O/c1-8-6-12-7-9(2)13(8)11(14)10-4-3-5-10/h8-10,12H,3-7H2,1-2H3. The molecule has 1 heterocycles. The van der Waals surface area contributed by atoms with Crippen molar-refractivity contribution in [3.63, 3.8) is 0 Å². The van der Waals surface area contributed by atoms with Gasteiger partial charge in [-0.25, -0.2) is 0 Å². The predicted octanol–water partition coefficient (Wildman–Crippen LogP) is 0.995. The number of nitrogens with one attached hydrogen (secondary N) is 1. The van der Waals surface area contributed by atoms with E-state index in [1.54, 1.807) is 0 Å². The Labute approximate surface area is 85.8 Å². The summed E-state index contributed by atoms with van der Waals surface area (Å²) >= 11 is 0. The van der Waals surface area contributed by atoms with Crippen LogP contribution in [0.2, 0.25) is 0 Å². The number of carbonyl (C=O) groups is 1. The average Bonchev–Trinajstić information content (AvgIpc) is 2.00. The topological polar surface area (TPSA) is 32.3 Å². The smallest absolute Gasteiger partial charge is 0.226 e. The summed E-state index contributed by atoms with van der Waals surface area (Å²) in [5, 5.41) is 3.35. The molecule has 3 heteroatoms. The van der Waals surface area contributed by atoms with Crippen LogP contribution in [0.15, 0.2) is 0 Å². The SMILES string of the molecule is CC1CNCC(C)N1C(=O)C1CCC1. The lowest BCUT2D eigenvalue weighted by atomic mass is 9.83. The minimum Gasteiger partial charge on any atom is -0.334 e. The summed E-state index contributed by atoms with van der Waals surface area (Å²) in [4.78, 5) is 14.2. The largest absolute Gasteiger partial charge is 0.334 e. The number of hydrogen-bond donors (Lipinski definition) is 1. The van der Waals surface area contributed by atoms with Gasteiger partial charge in [0, 0.05) is 31.1 Å². The molecule has 0 aromatic rings. The number of rotatable bonds is 1. The van der Waals surface area contributed by atoms with Gasteiger partial charge in [-0.05, 0) is 26.7 Å². The Hall–Kier alpha value is -0.570. The Balaban J connectivity index is 2.01. The summed E-state index contributed by atoms with van der Waals surface area (Å²) in [5.74, 6) is 0.746. The highest BCUT2D eigenvalue weighted by Crippen LogP contribution is 2.30. The van der Waals surface area contributed by atoms with E-state index in [0.29, 0.717) is 23.9 Å². The molecule has 2 atom stereocenters. The first-order chi connectivity index (χ1) is 6.70. The zero-order chi connectivity index (χ0) is 10.1. The molecule has 0 aromatic heterocycles. The van der Waals surface area contributed by atoms with Gasteiger partial charge in [-0.3, -0.25) is 4.79 Å². The second-order valence-electron chi connectivity index (χ2n) is 4.73. The third-order valence-electron chi connectivity index (χ3n) is 3.54. The number of amides is 1. The van der Waals surface area contributed by atoms with Gasteiger partial charge in [-0.2, -0.15) is 0 Å². The van der Waals surface area contributed by atoms with E-state index in [1.807, 2.05) is 0 Å². The quantitative estimate of drug-likeness (QED) is 0.678. The molecule has 80 valence electrons.